The fourth-order valence-electron chi connectivity index (χ4n) is 3.03. The first kappa shape index (κ1) is 17.5. The largest absolute Gasteiger partial charge is 0.455 e. The highest BCUT2D eigenvalue weighted by atomic mass is 16.6. The number of hydrogen-bond donors (Lipinski definition) is 1. The van der Waals surface area contributed by atoms with Gasteiger partial charge in [-0.15, -0.1) is 6.58 Å². The zero-order valence-electron chi connectivity index (χ0n) is 14.5. The summed E-state index contributed by atoms with van der Waals surface area (Å²) in [5.74, 6) is -0.588. The molecular weight excluding hydrogens is 326 g/mol. The van der Waals surface area contributed by atoms with Crippen LogP contribution >= 0.6 is 0 Å². The lowest BCUT2D eigenvalue weighted by atomic mass is 9.92. The molecule has 0 bridgehead atoms. The molecule has 0 aromatic carbocycles. The van der Waals surface area contributed by atoms with Crippen LogP contribution in [0.15, 0.2) is 29.1 Å². The number of nitrogens with zero attached hydrogens (tertiary/aromatic N) is 2. The number of hydrogen-bond acceptors (Lipinski definition) is 8. The Morgan fingerprint density at radius 2 is 2.04 bits per heavy atom. The van der Waals surface area contributed by atoms with Crippen LogP contribution in [0, 0.1) is 0 Å². The summed E-state index contributed by atoms with van der Waals surface area (Å²) in [6.45, 7) is 4.38. The van der Waals surface area contributed by atoms with Gasteiger partial charge in [-0.25, -0.2) is 0 Å². The maximum absolute atomic E-state index is 12.0. The van der Waals surface area contributed by atoms with Gasteiger partial charge < -0.3 is 24.4 Å². The molecule has 8 heteroatoms. The molecule has 3 unspecified atom stereocenters. The van der Waals surface area contributed by atoms with Gasteiger partial charge in [-0.3, -0.25) is 9.59 Å². The Morgan fingerprint density at radius 3 is 2.76 bits per heavy atom. The van der Waals surface area contributed by atoms with Crippen molar-refractivity contribution in [3.8, 4) is 0 Å². The van der Waals surface area contributed by atoms with Gasteiger partial charge in [-0.05, 0) is 13.0 Å². The van der Waals surface area contributed by atoms with Gasteiger partial charge in [0.1, 0.15) is 11.8 Å². The maximum atomic E-state index is 12.0. The third-order valence-electron chi connectivity index (χ3n) is 4.27. The van der Waals surface area contributed by atoms with E-state index < -0.39 is 18.0 Å². The molecule has 3 aliphatic rings. The molecule has 0 radical (unpaired) electrons. The summed E-state index contributed by atoms with van der Waals surface area (Å²) in [5, 5.41) is 3.34. The second-order valence-corrected chi connectivity index (χ2v) is 6.40. The van der Waals surface area contributed by atoms with Crippen LogP contribution in [0.5, 0.6) is 0 Å². The Hall–Kier alpha value is -2.35. The van der Waals surface area contributed by atoms with Crippen LogP contribution in [-0.2, 0) is 23.8 Å². The van der Waals surface area contributed by atoms with Crippen LogP contribution in [0.1, 0.15) is 25.7 Å². The van der Waals surface area contributed by atoms with E-state index in [1.807, 2.05) is 20.2 Å². The van der Waals surface area contributed by atoms with Crippen LogP contribution in [0.3, 0.4) is 0 Å². The zero-order valence-corrected chi connectivity index (χ0v) is 14.5. The van der Waals surface area contributed by atoms with Crippen molar-refractivity contribution in [2.75, 3.05) is 20.6 Å². The highest BCUT2D eigenvalue weighted by Crippen LogP contribution is 2.36. The second-order valence-electron chi connectivity index (χ2n) is 6.40. The summed E-state index contributed by atoms with van der Waals surface area (Å²) in [6.07, 6.45) is 2.12. The molecule has 1 aliphatic carbocycles. The number of ether oxygens (including phenoxy) is 3. The zero-order chi connectivity index (χ0) is 18.0. The molecule has 0 aromatic rings. The van der Waals surface area contributed by atoms with Crippen LogP contribution < -0.4 is 5.32 Å². The molecule has 1 fully saturated rings. The Morgan fingerprint density at radius 1 is 1.28 bits per heavy atom. The molecule has 25 heavy (non-hydrogen) atoms. The third kappa shape index (κ3) is 3.68. The standard InChI is InChI=1S/C17H23N3O5/c1-4-5-8-18-10-9-11-14(19-17(23-11)20(2)3)16-15(10)24-12(21)6-7-13(22)25-16/h4,10-11,15,18H,1,5-9H2,2-3H3. The van der Waals surface area contributed by atoms with Crippen molar-refractivity contribution in [2.45, 2.75) is 43.9 Å². The lowest BCUT2D eigenvalue weighted by Gasteiger charge is -2.36. The van der Waals surface area contributed by atoms with Crippen LogP contribution in [-0.4, -0.2) is 61.8 Å². The molecule has 3 rings (SSSR count). The first-order valence-electron chi connectivity index (χ1n) is 8.40. The molecule has 0 amide bonds. The lowest BCUT2D eigenvalue weighted by Crippen LogP contribution is -2.50. The SMILES string of the molecule is C=CCCNC1CC2OC(N(C)C)=NC2=C2OC(=O)CCC(=O)OC21. The topological polar surface area (TPSA) is 89.5 Å². The fraction of sp³-hybridized carbons (Fsp3) is 0.588. The molecular formula is C17H23N3O5. The van der Waals surface area contributed by atoms with Crippen molar-refractivity contribution in [3.05, 3.63) is 24.1 Å². The summed E-state index contributed by atoms with van der Waals surface area (Å²) in [5.41, 5.74) is 0.526. The van der Waals surface area contributed by atoms with E-state index in [1.165, 1.54) is 0 Å². The minimum absolute atomic E-state index is 0.00727. The molecule has 1 saturated heterocycles. The lowest BCUT2D eigenvalue weighted by molar-refractivity contribution is -0.162. The van der Waals surface area contributed by atoms with Crippen molar-refractivity contribution in [2.24, 2.45) is 4.99 Å². The number of aliphatic imine (C=N–C) groups is 1. The first-order chi connectivity index (χ1) is 12.0. The van der Waals surface area contributed by atoms with E-state index >= 15 is 0 Å². The molecule has 2 aliphatic heterocycles. The van der Waals surface area contributed by atoms with Gasteiger partial charge in [0.25, 0.3) is 6.02 Å². The fourth-order valence-corrected chi connectivity index (χ4v) is 3.03. The maximum Gasteiger partial charge on any atom is 0.311 e. The van der Waals surface area contributed by atoms with Crippen molar-refractivity contribution in [1.29, 1.82) is 0 Å². The molecule has 2 heterocycles. The van der Waals surface area contributed by atoms with Gasteiger partial charge in [0, 0.05) is 20.5 Å². The summed E-state index contributed by atoms with van der Waals surface area (Å²) in [7, 11) is 3.64. The van der Waals surface area contributed by atoms with E-state index in [-0.39, 0.29) is 30.7 Å². The van der Waals surface area contributed by atoms with Crippen LogP contribution in [0.25, 0.3) is 0 Å². The summed E-state index contributed by atoms with van der Waals surface area (Å²) in [4.78, 5) is 30.2. The molecule has 136 valence electrons. The van der Waals surface area contributed by atoms with E-state index in [9.17, 15) is 9.59 Å². The number of rotatable bonds is 4. The number of carbonyl (C=O) groups is 2. The van der Waals surface area contributed by atoms with Gasteiger partial charge in [0.15, 0.2) is 11.9 Å². The quantitative estimate of drug-likeness (QED) is 0.454. The number of amidine groups is 1. The minimum Gasteiger partial charge on any atom is -0.455 e. The van der Waals surface area contributed by atoms with Gasteiger partial charge in [0.2, 0.25) is 0 Å². The van der Waals surface area contributed by atoms with E-state index in [0.717, 1.165) is 6.42 Å². The molecule has 0 spiro atoms. The number of fused-ring (bicyclic) bond motifs is 2. The van der Waals surface area contributed by atoms with Gasteiger partial charge >= 0.3 is 11.9 Å². The highest BCUT2D eigenvalue weighted by molar-refractivity contribution is 5.81. The number of nitrogens with one attached hydrogen (secondary N) is 1. The predicted octanol–water partition coefficient (Wildman–Crippen LogP) is 0.701. The van der Waals surface area contributed by atoms with Crippen molar-refractivity contribution >= 4 is 18.0 Å². The van der Waals surface area contributed by atoms with Gasteiger partial charge in [0.05, 0.1) is 18.9 Å². The Labute approximate surface area is 146 Å². The molecule has 0 saturated carbocycles. The van der Waals surface area contributed by atoms with E-state index in [0.29, 0.717) is 24.7 Å². The predicted molar refractivity (Wildman–Crippen MR) is 89.4 cm³/mol. The van der Waals surface area contributed by atoms with Crippen molar-refractivity contribution < 1.29 is 23.8 Å². The van der Waals surface area contributed by atoms with E-state index in [4.69, 9.17) is 14.2 Å². The van der Waals surface area contributed by atoms with Crippen molar-refractivity contribution in [1.82, 2.24) is 10.2 Å². The molecule has 3 atom stereocenters. The molecule has 1 N–H and O–H groups in total. The number of esters is 2. The monoisotopic (exact) mass is 349 g/mol. The first-order valence-corrected chi connectivity index (χ1v) is 8.40. The average Bonchev–Trinajstić information content (AvgIpc) is 2.98. The summed E-state index contributed by atoms with van der Waals surface area (Å²) < 4.78 is 17.0. The van der Waals surface area contributed by atoms with Crippen LogP contribution in [0.2, 0.25) is 0 Å². The second kappa shape index (κ2) is 7.26. The Kier molecular flexibility index (Phi) is 5.08. The molecule has 8 nitrogen and oxygen atoms in total. The minimum atomic E-state index is -0.693. The van der Waals surface area contributed by atoms with Gasteiger partial charge in [-0.2, -0.15) is 4.99 Å². The number of carbonyl (C=O) groups excluding carboxylic acids is 2. The van der Waals surface area contributed by atoms with Crippen molar-refractivity contribution in [3.63, 3.8) is 0 Å². The van der Waals surface area contributed by atoms with Crippen LogP contribution in [0.4, 0.5) is 0 Å². The van der Waals surface area contributed by atoms with Gasteiger partial charge in [-0.1, -0.05) is 6.08 Å². The average molecular weight is 349 g/mol. The highest BCUT2D eigenvalue weighted by Gasteiger charge is 2.46. The normalized spacial score (nSPS) is 28.6. The van der Waals surface area contributed by atoms with E-state index in [2.05, 4.69) is 16.9 Å². The Bertz CT molecular complexity index is 640. The molecule has 0 aromatic heterocycles. The smallest absolute Gasteiger partial charge is 0.311 e. The summed E-state index contributed by atoms with van der Waals surface area (Å²) in [6, 6.07) is 0.220. The Balaban J connectivity index is 1.94. The van der Waals surface area contributed by atoms with E-state index in [1.54, 1.807) is 4.90 Å². The third-order valence-corrected chi connectivity index (χ3v) is 4.27. The summed E-state index contributed by atoms with van der Waals surface area (Å²) >= 11 is 0.